The van der Waals surface area contributed by atoms with Gasteiger partial charge in [-0.25, -0.2) is 4.39 Å². The highest BCUT2D eigenvalue weighted by Gasteiger charge is 2.40. The molecule has 3 rings (SSSR count). The number of benzene rings is 2. The second kappa shape index (κ2) is 4.56. The third-order valence-electron chi connectivity index (χ3n) is 3.66. The maximum atomic E-state index is 13.1. The minimum absolute atomic E-state index is 0.212. The van der Waals surface area contributed by atoms with Crippen molar-refractivity contribution in [2.75, 3.05) is 13.2 Å². The van der Waals surface area contributed by atoms with Crippen LogP contribution in [0.1, 0.15) is 0 Å². The minimum atomic E-state index is -1.28. The summed E-state index contributed by atoms with van der Waals surface area (Å²) in [6.07, 6.45) is 0. The lowest BCUT2D eigenvalue weighted by Crippen LogP contribution is -3.04. The SMILES string of the molecule is Fc1ccc([B-]2(c3ccccc3)[NH2+]CCO2)cc1. The Kier molecular flexibility index (Phi) is 2.90. The van der Waals surface area contributed by atoms with Gasteiger partial charge in [-0.2, -0.15) is 0 Å². The molecule has 2 nitrogen and oxygen atoms in total. The highest BCUT2D eigenvalue weighted by molar-refractivity contribution is 6.90. The molecule has 0 saturated carbocycles. The molecule has 18 heavy (non-hydrogen) atoms. The van der Waals surface area contributed by atoms with Gasteiger partial charge >= 0.3 is 6.48 Å². The Bertz CT molecular complexity index is 523. The zero-order valence-corrected chi connectivity index (χ0v) is 10.1. The summed E-state index contributed by atoms with van der Waals surface area (Å²) in [4.78, 5) is 0. The Morgan fingerprint density at radius 3 is 2.22 bits per heavy atom. The summed E-state index contributed by atoms with van der Waals surface area (Å²) in [5, 5.41) is 2.22. The van der Waals surface area contributed by atoms with Gasteiger partial charge in [0.1, 0.15) is 5.82 Å². The highest BCUT2D eigenvalue weighted by Crippen LogP contribution is 2.04. The zero-order chi connectivity index (χ0) is 12.4. The van der Waals surface area contributed by atoms with Crippen LogP contribution in [0.3, 0.4) is 0 Å². The largest absolute Gasteiger partial charge is 0.528 e. The molecule has 1 aliphatic heterocycles. The first-order valence-corrected chi connectivity index (χ1v) is 6.26. The van der Waals surface area contributed by atoms with E-state index in [0.717, 1.165) is 24.1 Å². The molecular formula is C14H15BFNO. The summed E-state index contributed by atoms with van der Waals surface area (Å²) in [5.41, 5.74) is 2.20. The lowest BCUT2D eigenvalue weighted by molar-refractivity contribution is -0.514. The van der Waals surface area contributed by atoms with Crippen molar-refractivity contribution in [3.8, 4) is 0 Å². The summed E-state index contributed by atoms with van der Waals surface area (Å²) in [7, 11) is 0. The average molecular weight is 243 g/mol. The van der Waals surface area contributed by atoms with Crippen LogP contribution in [-0.4, -0.2) is 19.6 Å². The standard InChI is InChI=1S/C14H15BFNO/c16-14-8-6-13(7-9-14)15(17-10-11-18-15)12-4-2-1-3-5-12/h1-9H,10-11,17H2. The Morgan fingerprint density at radius 1 is 0.944 bits per heavy atom. The molecule has 2 aromatic rings. The van der Waals surface area contributed by atoms with Gasteiger partial charge in [-0.3, -0.25) is 0 Å². The molecule has 1 atom stereocenters. The molecule has 0 aromatic heterocycles. The fraction of sp³-hybridized carbons (Fsp3) is 0.143. The van der Waals surface area contributed by atoms with Crippen LogP contribution < -0.4 is 16.2 Å². The van der Waals surface area contributed by atoms with Crippen LogP contribution in [0.25, 0.3) is 0 Å². The molecular weight excluding hydrogens is 228 g/mol. The molecule has 2 N–H and O–H groups in total. The maximum absolute atomic E-state index is 13.1. The molecule has 1 aliphatic rings. The third kappa shape index (κ3) is 1.83. The molecule has 0 radical (unpaired) electrons. The van der Waals surface area contributed by atoms with E-state index in [9.17, 15) is 4.39 Å². The van der Waals surface area contributed by atoms with E-state index >= 15 is 0 Å². The lowest BCUT2D eigenvalue weighted by atomic mass is 9.42. The Labute approximate surface area is 106 Å². The first-order valence-electron chi connectivity index (χ1n) is 6.26. The minimum Gasteiger partial charge on any atom is -0.528 e. The molecule has 0 spiro atoms. The first kappa shape index (κ1) is 11.4. The van der Waals surface area contributed by atoms with Crippen LogP contribution in [0.15, 0.2) is 54.6 Å². The fourth-order valence-electron chi connectivity index (χ4n) is 2.77. The molecule has 0 amide bonds. The predicted molar refractivity (Wildman–Crippen MR) is 70.6 cm³/mol. The molecule has 92 valence electrons. The van der Waals surface area contributed by atoms with E-state index in [1.807, 2.05) is 30.3 Å². The van der Waals surface area contributed by atoms with Gasteiger partial charge in [0.15, 0.2) is 0 Å². The summed E-state index contributed by atoms with van der Waals surface area (Å²) in [5.74, 6) is -0.212. The summed E-state index contributed by atoms with van der Waals surface area (Å²) >= 11 is 0. The van der Waals surface area contributed by atoms with Crippen LogP contribution in [0.4, 0.5) is 4.39 Å². The van der Waals surface area contributed by atoms with Gasteiger partial charge in [-0.05, 0) is 12.1 Å². The van der Waals surface area contributed by atoms with Gasteiger partial charge in [0.05, 0.1) is 13.2 Å². The van der Waals surface area contributed by atoms with Crippen LogP contribution >= 0.6 is 0 Å². The van der Waals surface area contributed by atoms with E-state index in [1.165, 1.54) is 12.1 Å². The quantitative estimate of drug-likeness (QED) is 0.737. The highest BCUT2D eigenvalue weighted by atomic mass is 19.1. The number of rotatable bonds is 2. The summed E-state index contributed by atoms with van der Waals surface area (Å²) in [6, 6.07) is 16.8. The Hall–Kier alpha value is -1.65. The monoisotopic (exact) mass is 243 g/mol. The van der Waals surface area contributed by atoms with Gasteiger partial charge in [0, 0.05) is 0 Å². The Balaban J connectivity index is 2.10. The number of quaternary nitrogens is 1. The zero-order valence-electron chi connectivity index (χ0n) is 10.1. The molecule has 0 aliphatic carbocycles. The first-order chi connectivity index (χ1) is 8.81. The molecule has 1 unspecified atom stereocenters. The van der Waals surface area contributed by atoms with Crippen molar-refractivity contribution < 1.29 is 14.3 Å². The van der Waals surface area contributed by atoms with Gasteiger partial charge in [0.2, 0.25) is 0 Å². The van der Waals surface area contributed by atoms with Crippen molar-refractivity contribution >= 4 is 17.4 Å². The van der Waals surface area contributed by atoms with Crippen LogP contribution in [-0.2, 0) is 4.65 Å². The second-order valence-electron chi connectivity index (χ2n) is 4.71. The van der Waals surface area contributed by atoms with E-state index in [-0.39, 0.29) is 5.82 Å². The third-order valence-corrected chi connectivity index (χ3v) is 3.66. The predicted octanol–water partition coefficient (Wildman–Crippen LogP) is -0.0243. The van der Waals surface area contributed by atoms with Gasteiger partial charge in [-0.15, -0.1) is 10.9 Å². The lowest BCUT2D eigenvalue weighted by Gasteiger charge is -2.31. The average Bonchev–Trinajstić information content (AvgIpc) is 2.91. The Morgan fingerprint density at radius 2 is 1.61 bits per heavy atom. The van der Waals surface area contributed by atoms with Gasteiger partial charge in [0.25, 0.3) is 0 Å². The van der Waals surface area contributed by atoms with Crippen LogP contribution in [0.5, 0.6) is 0 Å². The number of hydrogen-bond donors (Lipinski definition) is 1. The summed E-state index contributed by atoms with van der Waals surface area (Å²) in [6.45, 7) is 0.390. The fourth-order valence-corrected chi connectivity index (χ4v) is 2.77. The van der Waals surface area contributed by atoms with Crippen molar-refractivity contribution in [1.82, 2.24) is 0 Å². The van der Waals surface area contributed by atoms with Crippen molar-refractivity contribution in [1.29, 1.82) is 0 Å². The molecule has 1 saturated heterocycles. The van der Waals surface area contributed by atoms with Crippen LogP contribution in [0.2, 0.25) is 0 Å². The molecule has 4 heteroatoms. The number of nitrogens with two attached hydrogens (primary N) is 1. The molecule has 2 aromatic carbocycles. The molecule has 1 fully saturated rings. The van der Waals surface area contributed by atoms with Crippen molar-refractivity contribution in [2.24, 2.45) is 0 Å². The smallest absolute Gasteiger partial charge is 0.388 e. The van der Waals surface area contributed by atoms with E-state index in [1.54, 1.807) is 0 Å². The van der Waals surface area contributed by atoms with E-state index < -0.39 is 6.48 Å². The number of halogens is 1. The van der Waals surface area contributed by atoms with Gasteiger partial charge < -0.3 is 9.88 Å². The van der Waals surface area contributed by atoms with Crippen LogP contribution in [0, 0.1) is 5.82 Å². The normalized spacial score (nSPS) is 23.2. The topological polar surface area (TPSA) is 25.8 Å². The second-order valence-corrected chi connectivity index (χ2v) is 4.71. The number of hydrogen-bond acceptors (Lipinski definition) is 1. The maximum Gasteiger partial charge on any atom is 0.388 e. The van der Waals surface area contributed by atoms with Gasteiger partial charge in [-0.1, -0.05) is 42.5 Å². The van der Waals surface area contributed by atoms with E-state index in [2.05, 4.69) is 17.4 Å². The molecule has 0 bridgehead atoms. The van der Waals surface area contributed by atoms with Crippen molar-refractivity contribution in [2.45, 2.75) is 0 Å². The summed E-state index contributed by atoms with van der Waals surface area (Å²) < 4.78 is 19.1. The van der Waals surface area contributed by atoms with Crippen molar-refractivity contribution in [3.63, 3.8) is 0 Å². The molecule has 1 heterocycles. The van der Waals surface area contributed by atoms with E-state index in [4.69, 9.17) is 4.65 Å². The van der Waals surface area contributed by atoms with Crippen molar-refractivity contribution in [3.05, 3.63) is 60.4 Å². The van der Waals surface area contributed by atoms with E-state index in [0.29, 0.717) is 0 Å².